The topological polar surface area (TPSA) is 106 Å². The molecule has 2 heterocycles. The first kappa shape index (κ1) is 22.2. The number of hydrogen-bond acceptors (Lipinski definition) is 7. The molecule has 1 aromatic carbocycles. The van der Waals surface area contributed by atoms with E-state index in [0.717, 1.165) is 11.3 Å². The van der Waals surface area contributed by atoms with E-state index in [1.54, 1.807) is 11.9 Å². The normalized spacial score (nSPS) is 15.5. The van der Waals surface area contributed by atoms with E-state index in [9.17, 15) is 13.2 Å². The van der Waals surface area contributed by atoms with Crippen LogP contribution in [-0.2, 0) is 21.2 Å². The number of nitrogens with zero attached hydrogens (tertiary/aromatic N) is 4. The van der Waals surface area contributed by atoms with Gasteiger partial charge in [0.15, 0.2) is 0 Å². The first-order chi connectivity index (χ1) is 14.3. The van der Waals surface area contributed by atoms with Crippen LogP contribution in [0.4, 0.5) is 0 Å². The molecular weight excluding hydrogens is 408 g/mol. The molecule has 3 rings (SSSR count). The summed E-state index contributed by atoms with van der Waals surface area (Å²) in [4.78, 5) is 18.7. The number of carbonyl (C=O) groups excluding carboxylic acids is 1. The molecule has 0 unspecified atom stereocenters. The van der Waals surface area contributed by atoms with Gasteiger partial charge in [0.05, 0.1) is 12.9 Å². The molecule has 1 aromatic heterocycles. The Kier molecular flexibility index (Phi) is 7.09. The number of benzene rings is 1. The summed E-state index contributed by atoms with van der Waals surface area (Å²) in [5, 5.41) is 3.99. The predicted molar refractivity (Wildman–Crippen MR) is 111 cm³/mol. The lowest BCUT2D eigenvalue weighted by Gasteiger charge is -2.35. The number of amides is 1. The van der Waals surface area contributed by atoms with Crippen molar-refractivity contribution in [2.75, 3.05) is 33.0 Å². The van der Waals surface area contributed by atoms with E-state index in [-0.39, 0.29) is 18.4 Å². The van der Waals surface area contributed by atoms with Gasteiger partial charge in [-0.3, -0.25) is 4.79 Å². The summed E-state index contributed by atoms with van der Waals surface area (Å²) >= 11 is 0. The summed E-state index contributed by atoms with van der Waals surface area (Å²) in [6.45, 7) is 3.62. The Balaban J connectivity index is 1.49. The molecule has 0 radical (unpaired) electrons. The van der Waals surface area contributed by atoms with Gasteiger partial charge in [-0.05, 0) is 44.0 Å². The minimum absolute atomic E-state index is 0.0104. The Hall–Kier alpha value is -2.46. The Bertz CT molecular complexity index is 950. The van der Waals surface area contributed by atoms with Crippen LogP contribution in [0.15, 0.2) is 28.8 Å². The number of hydrogen-bond donors (Lipinski definition) is 0. The first-order valence-electron chi connectivity index (χ1n) is 10.0. The maximum atomic E-state index is 12.5. The Labute approximate surface area is 177 Å². The van der Waals surface area contributed by atoms with Gasteiger partial charge in [-0.2, -0.15) is 4.98 Å². The number of aromatic nitrogens is 2. The summed E-state index contributed by atoms with van der Waals surface area (Å²) in [6.07, 6.45) is 3.12. The number of ether oxygens (including phenoxy) is 1. The van der Waals surface area contributed by atoms with E-state index in [0.29, 0.717) is 50.7 Å². The minimum Gasteiger partial charge on any atom is -0.494 e. The SMILES string of the molecule is CCOc1ccc(-c2noc(CCC(=O)N3CCC(N(C)S(C)(=O)=O)CC3)n2)cc1. The third-order valence-electron chi connectivity index (χ3n) is 5.30. The fraction of sp³-hybridized carbons (Fsp3) is 0.550. The second-order valence-electron chi connectivity index (χ2n) is 7.36. The van der Waals surface area contributed by atoms with Gasteiger partial charge >= 0.3 is 0 Å². The Morgan fingerprint density at radius 2 is 1.93 bits per heavy atom. The van der Waals surface area contributed by atoms with Gasteiger partial charge in [0.2, 0.25) is 27.6 Å². The summed E-state index contributed by atoms with van der Waals surface area (Å²) in [7, 11) is -1.62. The second-order valence-corrected chi connectivity index (χ2v) is 9.40. The lowest BCUT2D eigenvalue weighted by atomic mass is 10.0. The van der Waals surface area contributed by atoms with Crippen molar-refractivity contribution in [2.45, 2.75) is 38.6 Å². The molecule has 0 atom stereocenters. The van der Waals surface area contributed by atoms with Crippen LogP contribution in [0.1, 0.15) is 32.1 Å². The van der Waals surface area contributed by atoms with Gasteiger partial charge in [-0.25, -0.2) is 12.7 Å². The zero-order valence-electron chi connectivity index (χ0n) is 17.6. The molecule has 1 aliphatic rings. The van der Waals surface area contributed by atoms with Gasteiger partial charge in [0.1, 0.15) is 5.75 Å². The lowest BCUT2D eigenvalue weighted by Crippen LogP contribution is -2.47. The van der Waals surface area contributed by atoms with Crippen molar-refractivity contribution in [2.24, 2.45) is 0 Å². The van der Waals surface area contributed by atoms with Crippen molar-refractivity contribution >= 4 is 15.9 Å². The van der Waals surface area contributed by atoms with Crippen LogP contribution < -0.4 is 4.74 Å². The molecule has 30 heavy (non-hydrogen) atoms. The van der Waals surface area contributed by atoms with Crippen molar-refractivity contribution in [1.82, 2.24) is 19.3 Å². The highest BCUT2D eigenvalue weighted by Gasteiger charge is 2.29. The molecule has 0 bridgehead atoms. The van der Waals surface area contributed by atoms with Crippen LogP contribution in [0, 0.1) is 0 Å². The van der Waals surface area contributed by atoms with Crippen molar-refractivity contribution in [3.8, 4) is 17.1 Å². The molecule has 1 amide bonds. The molecular formula is C20H28N4O5S. The predicted octanol–water partition coefficient (Wildman–Crippen LogP) is 1.95. The number of sulfonamides is 1. The Morgan fingerprint density at radius 3 is 2.53 bits per heavy atom. The molecule has 9 nitrogen and oxygen atoms in total. The third-order valence-corrected chi connectivity index (χ3v) is 6.64. The van der Waals surface area contributed by atoms with E-state index >= 15 is 0 Å². The van der Waals surface area contributed by atoms with Crippen molar-refractivity contribution in [3.63, 3.8) is 0 Å². The van der Waals surface area contributed by atoms with E-state index in [2.05, 4.69) is 10.1 Å². The molecule has 1 aliphatic heterocycles. The monoisotopic (exact) mass is 436 g/mol. The van der Waals surface area contributed by atoms with Crippen LogP contribution in [0.3, 0.4) is 0 Å². The molecule has 1 saturated heterocycles. The zero-order chi connectivity index (χ0) is 21.7. The summed E-state index contributed by atoms with van der Waals surface area (Å²) in [6, 6.07) is 7.37. The van der Waals surface area contributed by atoms with Crippen LogP contribution in [-0.4, -0.2) is 72.7 Å². The standard InChI is InChI=1S/C20H28N4O5S/c1-4-28-17-7-5-15(6-8-17)20-21-18(29-22-20)9-10-19(25)24-13-11-16(12-14-24)23(2)30(3,26)27/h5-8,16H,4,9-14H2,1-3H3. The molecule has 2 aromatic rings. The molecule has 0 aliphatic carbocycles. The van der Waals surface area contributed by atoms with Gasteiger partial charge in [0.25, 0.3) is 0 Å². The zero-order valence-corrected chi connectivity index (χ0v) is 18.4. The summed E-state index contributed by atoms with van der Waals surface area (Å²) in [5.74, 6) is 1.68. The van der Waals surface area contributed by atoms with Crippen LogP contribution in [0.2, 0.25) is 0 Å². The molecule has 1 fully saturated rings. The first-order valence-corrected chi connectivity index (χ1v) is 11.9. The van der Waals surface area contributed by atoms with Crippen LogP contribution in [0.5, 0.6) is 5.75 Å². The molecule has 164 valence electrons. The maximum absolute atomic E-state index is 12.5. The largest absolute Gasteiger partial charge is 0.494 e. The van der Waals surface area contributed by atoms with Gasteiger partial charge < -0.3 is 14.2 Å². The maximum Gasteiger partial charge on any atom is 0.227 e. The number of likely N-dealkylation sites (tertiary alicyclic amines) is 1. The quantitative estimate of drug-likeness (QED) is 0.623. The average Bonchev–Trinajstić information content (AvgIpc) is 3.21. The van der Waals surface area contributed by atoms with Gasteiger partial charge in [-0.1, -0.05) is 5.16 Å². The highest BCUT2D eigenvalue weighted by molar-refractivity contribution is 7.88. The van der Waals surface area contributed by atoms with Gasteiger partial charge in [0, 0.05) is 44.6 Å². The smallest absolute Gasteiger partial charge is 0.227 e. The highest BCUT2D eigenvalue weighted by atomic mass is 32.2. The van der Waals surface area contributed by atoms with E-state index in [4.69, 9.17) is 9.26 Å². The van der Waals surface area contributed by atoms with E-state index in [1.165, 1.54) is 10.6 Å². The van der Waals surface area contributed by atoms with E-state index in [1.807, 2.05) is 31.2 Å². The summed E-state index contributed by atoms with van der Waals surface area (Å²) in [5.41, 5.74) is 0.817. The van der Waals surface area contributed by atoms with Crippen molar-refractivity contribution < 1.29 is 22.5 Å². The number of rotatable bonds is 8. The van der Waals surface area contributed by atoms with Crippen LogP contribution >= 0.6 is 0 Å². The fourth-order valence-corrected chi connectivity index (χ4v) is 4.21. The number of piperidine rings is 1. The third kappa shape index (κ3) is 5.57. The number of carbonyl (C=O) groups is 1. The van der Waals surface area contributed by atoms with Gasteiger partial charge in [-0.15, -0.1) is 0 Å². The second kappa shape index (κ2) is 9.57. The highest BCUT2D eigenvalue weighted by Crippen LogP contribution is 2.21. The molecule has 0 N–H and O–H groups in total. The molecule has 0 saturated carbocycles. The molecule has 0 spiro atoms. The average molecular weight is 437 g/mol. The van der Waals surface area contributed by atoms with E-state index < -0.39 is 10.0 Å². The van der Waals surface area contributed by atoms with Crippen molar-refractivity contribution in [3.05, 3.63) is 30.2 Å². The summed E-state index contributed by atoms with van der Waals surface area (Å²) < 4.78 is 35.4. The Morgan fingerprint density at radius 1 is 1.27 bits per heavy atom. The molecule has 10 heteroatoms. The lowest BCUT2D eigenvalue weighted by molar-refractivity contribution is -0.132. The fourth-order valence-electron chi connectivity index (χ4n) is 3.46. The number of aryl methyl sites for hydroxylation is 1. The van der Waals surface area contributed by atoms with Crippen molar-refractivity contribution in [1.29, 1.82) is 0 Å². The minimum atomic E-state index is -3.22. The van der Waals surface area contributed by atoms with Crippen LogP contribution in [0.25, 0.3) is 11.4 Å².